The molecule has 1 saturated heterocycles. The molecule has 0 aromatic rings. The summed E-state index contributed by atoms with van der Waals surface area (Å²) in [6.07, 6.45) is 0. The Morgan fingerprint density at radius 1 is 1.60 bits per heavy atom. The summed E-state index contributed by atoms with van der Waals surface area (Å²) in [5, 5.41) is 0. The first-order valence-electron chi connectivity index (χ1n) is 3.45. The van der Waals surface area contributed by atoms with E-state index < -0.39 is 0 Å². The largest absolute Gasteiger partial charge is 0.487 e. The summed E-state index contributed by atoms with van der Waals surface area (Å²) in [4.78, 5) is 0. The molecule has 0 aromatic heterocycles. The van der Waals surface area contributed by atoms with E-state index in [9.17, 15) is 0 Å². The van der Waals surface area contributed by atoms with Gasteiger partial charge < -0.3 is 9.47 Å². The minimum atomic E-state index is 0.306. The SMILES string of the molecule is C=C=C1OCCOCC1C. The minimum absolute atomic E-state index is 0.306. The van der Waals surface area contributed by atoms with Gasteiger partial charge in [-0.15, -0.1) is 0 Å². The second-order valence-electron chi connectivity index (χ2n) is 2.37. The van der Waals surface area contributed by atoms with Crippen molar-refractivity contribution in [1.29, 1.82) is 0 Å². The van der Waals surface area contributed by atoms with Crippen LogP contribution in [0.5, 0.6) is 0 Å². The molecule has 1 aliphatic rings. The molecule has 0 aromatic carbocycles. The molecule has 10 heavy (non-hydrogen) atoms. The van der Waals surface area contributed by atoms with Gasteiger partial charge in [0, 0.05) is 5.92 Å². The molecule has 0 aliphatic carbocycles. The molecule has 2 heteroatoms. The average Bonchev–Trinajstić information content (AvgIpc) is 2.13. The highest BCUT2D eigenvalue weighted by atomic mass is 16.5. The molecule has 0 saturated carbocycles. The van der Waals surface area contributed by atoms with E-state index in [0.29, 0.717) is 19.1 Å². The standard InChI is InChI=1S/C8H12O2/c1-3-8-7(2)6-9-4-5-10-8/h7H,1,4-6H2,2H3. The lowest BCUT2D eigenvalue weighted by Crippen LogP contribution is -2.04. The van der Waals surface area contributed by atoms with E-state index in [1.807, 2.05) is 6.92 Å². The summed E-state index contributed by atoms with van der Waals surface area (Å²) in [6.45, 7) is 7.60. The highest BCUT2D eigenvalue weighted by molar-refractivity contribution is 4.94. The summed E-state index contributed by atoms with van der Waals surface area (Å²) in [5.41, 5.74) is 2.76. The van der Waals surface area contributed by atoms with Gasteiger partial charge >= 0.3 is 0 Å². The van der Waals surface area contributed by atoms with Gasteiger partial charge in [-0.1, -0.05) is 19.2 Å². The van der Waals surface area contributed by atoms with Crippen molar-refractivity contribution in [3.8, 4) is 0 Å². The molecule has 2 nitrogen and oxygen atoms in total. The number of rotatable bonds is 0. The first-order valence-corrected chi connectivity index (χ1v) is 3.45. The van der Waals surface area contributed by atoms with Crippen molar-refractivity contribution in [3.63, 3.8) is 0 Å². The van der Waals surface area contributed by atoms with Crippen molar-refractivity contribution in [2.75, 3.05) is 19.8 Å². The van der Waals surface area contributed by atoms with Crippen LogP contribution in [0.25, 0.3) is 0 Å². The van der Waals surface area contributed by atoms with Crippen molar-refractivity contribution in [1.82, 2.24) is 0 Å². The fraction of sp³-hybridized carbons (Fsp3) is 0.625. The third-order valence-electron chi connectivity index (χ3n) is 1.47. The Bertz CT molecular complexity index is 157. The molecule has 1 heterocycles. The van der Waals surface area contributed by atoms with E-state index in [2.05, 4.69) is 12.3 Å². The zero-order valence-electron chi connectivity index (χ0n) is 6.22. The van der Waals surface area contributed by atoms with E-state index in [1.54, 1.807) is 0 Å². The molecule has 0 bridgehead atoms. The fourth-order valence-electron chi connectivity index (χ4n) is 0.914. The summed E-state index contributed by atoms with van der Waals surface area (Å²) < 4.78 is 10.5. The van der Waals surface area contributed by atoms with E-state index in [-0.39, 0.29) is 0 Å². The lowest BCUT2D eigenvalue weighted by Gasteiger charge is -2.07. The van der Waals surface area contributed by atoms with Crippen LogP contribution in [0.15, 0.2) is 18.1 Å². The van der Waals surface area contributed by atoms with Crippen LogP contribution >= 0.6 is 0 Å². The Kier molecular flexibility index (Phi) is 2.55. The van der Waals surface area contributed by atoms with Crippen molar-refractivity contribution >= 4 is 0 Å². The van der Waals surface area contributed by atoms with Gasteiger partial charge in [-0.25, -0.2) is 0 Å². The lowest BCUT2D eigenvalue weighted by atomic mass is 10.1. The Balaban J connectivity index is 2.60. The number of hydrogen-bond acceptors (Lipinski definition) is 2. The third-order valence-corrected chi connectivity index (χ3v) is 1.47. The Hall–Kier alpha value is -0.720. The molecule has 1 atom stereocenters. The molecule has 0 spiro atoms. The summed E-state index contributed by atoms with van der Waals surface area (Å²) in [6, 6.07) is 0. The van der Waals surface area contributed by atoms with Gasteiger partial charge in [-0.05, 0) is 0 Å². The molecule has 1 unspecified atom stereocenters. The maximum absolute atomic E-state index is 5.28. The molecule has 56 valence electrons. The molecule has 0 amide bonds. The Labute approximate surface area is 61.1 Å². The maximum atomic E-state index is 5.28. The highest BCUT2D eigenvalue weighted by Gasteiger charge is 2.12. The smallest absolute Gasteiger partial charge is 0.143 e. The van der Waals surface area contributed by atoms with Gasteiger partial charge in [0.25, 0.3) is 0 Å². The van der Waals surface area contributed by atoms with Crippen LogP contribution in [0.2, 0.25) is 0 Å². The molecule has 1 aliphatic heterocycles. The van der Waals surface area contributed by atoms with Crippen molar-refractivity contribution in [2.45, 2.75) is 6.92 Å². The van der Waals surface area contributed by atoms with Crippen LogP contribution < -0.4 is 0 Å². The maximum Gasteiger partial charge on any atom is 0.143 e. The van der Waals surface area contributed by atoms with E-state index in [4.69, 9.17) is 9.47 Å². The first kappa shape index (κ1) is 7.39. The van der Waals surface area contributed by atoms with Crippen LogP contribution in [0.3, 0.4) is 0 Å². The average molecular weight is 140 g/mol. The van der Waals surface area contributed by atoms with Crippen LogP contribution in [-0.4, -0.2) is 19.8 Å². The van der Waals surface area contributed by atoms with Crippen LogP contribution in [0, 0.1) is 5.92 Å². The van der Waals surface area contributed by atoms with Gasteiger partial charge in [-0.3, -0.25) is 0 Å². The predicted molar refractivity (Wildman–Crippen MR) is 38.6 cm³/mol. The zero-order chi connectivity index (χ0) is 7.40. The summed E-state index contributed by atoms with van der Waals surface area (Å²) >= 11 is 0. The topological polar surface area (TPSA) is 18.5 Å². The summed E-state index contributed by atoms with van der Waals surface area (Å²) in [5.74, 6) is 1.14. The summed E-state index contributed by atoms with van der Waals surface area (Å²) in [7, 11) is 0. The predicted octanol–water partition coefficient (Wildman–Crippen LogP) is 1.34. The second kappa shape index (κ2) is 3.45. The minimum Gasteiger partial charge on any atom is -0.487 e. The second-order valence-corrected chi connectivity index (χ2v) is 2.37. The van der Waals surface area contributed by atoms with E-state index in [0.717, 1.165) is 12.4 Å². The molecular formula is C8H12O2. The van der Waals surface area contributed by atoms with Crippen molar-refractivity contribution in [2.24, 2.45) is 5.92 Å². The quantitative estimate of drug-likeness (QED) is 0.473. The Morgan fingerprint density at radius 2 is 2.40 bits per heavy atom. The van der Waals surface area contributed by atoms with Crippen LogP contribution in [-0.2, 0) is 9.47 Å². The van der Waals surface area contributed by atoms with Gasteiger partial charge in [0.15, 0.2) is 0 Å². The molecule has 0 radical (unpaired) electrons. The van der Waals surface area contributed by atoms with E-state index in [1.165, 1.54) is 0 Å². The number of hydrogen-bond donors (Lipinski definition) is 0. The zero-order valence-corrected chi connectivity index (χ0v) is 6.22. The molecule has 0 N–H and O–H groups in total. The highest BCUT2D eigenvalue weighted by Crippen LogP contribution is 2.13. The van der Waals surface area contributed by atoms with Gasteiger partial charge in [0.1, 0.15) is 12.4 Å². The lowest BCUT2D eigenvalue weighted by molar-refractivity contribution is 0.112. The van der Waals surface area contributed by atoms with Gasteiger partial charge in [0.2, 0.25) is 0 Å². The monoisotopic (exact) mass is 140 g/mol. The Morgan fingerprint density at radius 3 is 3.10 bits per heavy atom. The first-order chi connectivity index (χ1) is 4.84. The van der Waals surface area contributed by atoms with Crippen LogP contribution in [0.4, 0.5) is 0 Å². The normalized spacial score (nSPS) is 26.5. The van der Waals surface area contributed by atoms with Gasteiger partial charge in [0.05, 0.1) is 13.2 Å². The van der Waals surface area contributed by atoms with Crippen molar-refractivity contribution in [3.05, 3.63) is 18.1 Å². The van der Waals surface area contributed by atoms with Crippen molar-refractivity contribution < 1.29 is 9.47 Å². The molecular weight excluding hydrogens is 128 g/mol. The number of ether oxygens (including phenoxy) is 2. The fourth-order valence-corrected chi connectivity index (χ4v) is 0.914. The van der Waals surface area contributed by atoms with E-state index >= 15 is 0 Å². The van der Waals surface area contributed by atoms with Gasteiger partial charge in [-0.2, -0.15) is 0 Å². The third kappa shape index (κ3) is 1.63. The molecule has 1 fully saturated rings. The molecule has 1 rings (SSSR count). The van der Waals surface area contributed by atoms with Crippen LogP contribution in [0.1, 0.15) is 6.92 Å².